The number of hydrogen-bond donors (Lipinski definition) is 2. The summed E-state index contributed by atoms with van der Waals surface area (Å²) in [4.78, 5) is 24.6. The fraction of sp³-hybridized carbons (Fsp3) is 0.684. The van der Waals surface area contributed by atoms with Gasteiger partial charge in [0.25, 0.3) is 5.85 Å². The van der Waals surface area contributed by atoms with Gasteiger partial charge in [-0.05, 0) is 32.6 Å². The average Bonchev–Trinajstić information content (AvgIpc) is 3.24. The van der Waals surface area contributed by atoms with Crippen molar-refractivity contribution < 1.29 is 32.1 Å². The van der Waals surface area contributed by atoms with Gasteiger partial charge in [-0.3, -0.25) is 9.36 Å². The predicted molar refractivity (Wildman–Crippen MR) is 123 cm³/mol. The lowest BCUT2D eigenvalue weighted by molar-refractivity contribution is -0.211. The minimum atomic E-state index is -3.24. The van der Waals surface area contributed by atoms with E-state index in [0.717, 1.165) is 6.92 Å². The molecule has 4 heterocycles. The van der Waals surface area contributed by atoms with Gasteiger partial charge in [0, 0.05) is 13.2 Å². The Morgan fingerprint density at radius 2 is 2.15 bits per heavy atom. The van der Waals surface area contributed by atoms with Crippen LogP contribution in [0.15, 0.2) is 6.33 Å². The van der Waals surface area contributed by atoms with Gasteiger partial charge >= 0.3 is 5.97 Å². The van der Waals surface area contributed by atoms with Crippen LogP contribution in [0.2, 0.25) is 0 Å². The first-order valence-electron chi connectivity index (χ1n) is 10.7. The molecule has 0 bridgehead atoms. The number of hydrogen-bond acceptors (Lipinski definition) is 11. The number of anilines is 2. The Balaban J connectivity index is 1.63. The molecule has 2 aromatic rings. The Morgan fingerprint density at radius 3 is 2.79 bits per heavy atom. The highest BCUT2D eigenvalue weighted by molar-refractivity contribution is 8.10. The van der Waals surface area contributed by atoms with Gasteiger partial charge in [0.15, 0.2) is 41.5 Å². The van der Waals surface area contributed by atoms with Gasteiger partial charge in [-0.15, -0.1) is 0 Å². The van der Waals surface area contributed by atoms with Gasteiger partial charge in [0.05, 0.1) is 18.3 Å². The largest absolute Gasteiger partial charge is 0.463 e. The lowest BCUT2D eigenvalue weighted by atomic mass is 9.97. The number of halogens is 2. The summed E-state index contributed by atoms with van der Waals surface area (Å²) in [7, 11) is 1.62. The van der Waals surface area contributed by atoms with Crippen molar-refractivity contribution in [2.75, 3.05) is 30.9 Å². The third kappa shape index (κ3) is 4.26. The summed E-state index contributed by atoms with van der Waals surface area (Å²) in [5, 5.41) is 2.84. The van der Waals surface area contributed by atoms with Gasteiger partial charge < -0.3 is 29.6 Å². The third-order valence-electron chi connectivity index (χ3n) is 5.60. The van der Waals surface area contributed by atoms with Crippen molar-refractivity contribution in [1.82, 2.24) is 19.5 Å². The molecule has 11 nitrogen and oxygen atoms in total. The van der Waals surface area contributed by atoms with E-state index < -0.39 is 48.8 Å². The second-order valence-electron chi connectivity index (χ2n) is 8.85. The van der Waals surface area contributed by atoms with Gasteiger partial charge in [-0.25, -0.2) is 13.8 Å². The van der Waals surface area contributed by atoms with Crippen LogP contribution in [0.5, 0.6) is 0 Å². The third-order valence-corrected chi connectivity index (χ3v) is 8.67. The number of aromatic nitrogens is 4. The molecule has 1 unspecified atom stereocenters. The number of rotatable bonds is 6. The highest BCUT2D eigenvalue weighted by atomic mass is 32.5. The van der Waals surface area contributed by atoms with Crippen molar-refractivity contribution in [3.8, 4) is 0 Å². The first-order valence-corrected chi connectivity index (χ1v) is 13.5. The van der Waals surface area contributed by atoms with E-state index in [9.17, 15) is 4.79 Å². The maximum Gasteiger partial charge on any atom is 0.309 e. The lowest BCUT2D eigenvalue weighted by Crippen LogP contribution is -2.51. The average molecular weight is 520 g/mol. The van der Waals surface area contributed by atoms with E-state index in [4.69, 9.17) is 36.1 Å². The van der Waals surface area contributed by atoms with Crippen LogP contribution in [-0.2, 0) is 35.1 Å². The molecule has 2 fully saturated rings. The van der Waals surface area contributed by atoms with Crippen molar-refractivity contribution in [2.45, 2.75) is 57.7 Å². The van der Waals surface area contributed by atoms with Crippen molar-refractivity contribution in [1.29, 1.82) is 0 Å². The smallest absolute Gasteiger partial charge is 0.309 e. The fourth-order valence-electron chi connectivity index (χ4n) is 4.04. The van der Waals surface area contributed by atoms with E-state index >= 15 is 8.78 Å². The number of nitrogens with one attached hydrogen (secondary N) is 1. The van der Waals surface area contributed by atoms with Crippen LogP contribution in [-0.4, -0.2) is 69.0 Å². The summed E-state index contributed by atoms with van der Waals surface area (Å²) in [5.74, 6) is -3.55. The molecule has 2 aliphatic heterocycles. The molecule has 0 spiro atoms. The molecule has 2 aliphatic rings. The number of ether oxygens (including phenoxy) is 2. The topological polar surface area (TPSA) is 136 Å². The van der Waals surface area contributed by atoms with Crippen molar-refractivity contribution >= 4 is 47.2 Å². The van der Waals surface area contributed by atoms with Crippen molar-refractivity contribution in [3.63, 3.8) is 0 Å². The van der Waals surface area contributed by atoms with Gasteiger partial charge in [0.2, 0.25) is 5.95 Å². The molecule has 2 saturated heterocycles. The SMILES string of the molecule is CNc1nc(N)nc2c1ncn2[C@@H]1O[C@]2(F)COP(=S)(C[C@@H](C)C(=O)OC(C)C)O[C@H]2[C@@]1(C)F. The summed E-state index contributed by atoms with van der Waals surface area (Å²) in [6, 6.07) is 0. The fourth-order valence-corrected chi connectivity index (χ4v) is 7.26. The first-order chi connectivity index (χ1) is 15.8. The van der Waals surface area contributed by atoms with E-state index in [-0.39, 0.29) is 23.9 Å². The van der Waals surface area contributed by atoms with Crippen LogP contribution in [0.1, 0.15) is 33.9 Å². The van der Waals surface area contributed by atoms with Crippen LogP contribution < -0.4 is 11.1 Å². The maximum absolute atomic E-state index is 16.2. The van der Waals surface area contributed by atoms with Crippen LogP contribution >= 0.6 is 6.49 Å². The Bertz CT molecular complexity index is 1170. The molecule has 4 rings (SSSR count). The Morgan fingerprint density at radius 1 is 1.44 bits per heavy atom. The molecule has 0 radical (unpaired) electrons. The number of carbonyl (C=O) groups excluding carboxylic acids is 1. The van der Waals surface area contributed by atoms with Crippen LogP contribution in [0, 0.1) is 5.92 Å². The van der Waals surface area contributed by atoms with E-state index in [0.29, 0.717) is 11.3 Å². The number of alkyl halides is 2. The molecule has 6 atom stereocenters. The van der Waals surface area contributed by atoms with Gasteiger partial charge in [0.1, 0.15) is 6.61 Å². The zero-order valence-corrected chi connectivity index (χ0v) is 21.0. The number of nitrogens with zero attached hydrogens (tertiary/aromatic N) is 4. The Labute approximate surface area is 199 Å². The summed E-state index contributed by atoms with van der Waals surface area (Å²) in [5.41, 5.74) is 3.82. The van der Waals surface area contributed by atoms with E-state index in [1.54, 1.807) is 27.8 Å². The van der Waals surface area contributed by atoms with E-state index in [1.165, 1.54) is 10.9 Å². The molecule has 3 N–H and O–H groups in total. The van der Waals surface area contributed by atoms with Crippen LogP contribution in [0.25, 0.3) is 11.2 Å². The standard InChI is InChI=1S/C19H27F2N6O5PS/c1-9(2)30-14(28)10(3)6-33(34)29-7-19(21)15(32-33)18(4,20)16(31-19)27-8-24-11-12(23-5)25-17(22)26-13(11)27/h8-10,15-16H,6-7H2,1-5H3,(H3,22,23,25,26)/t10-,15+,16-,18-,19-,33?/m1/s1. The quantitative estimate of drug-likeness (QED) is 0.430. The molecular formula is C19H27F2N6O5PS. The Kier molecular flexibility index (Phi) is 6.35. The van der Waals surface area contributed by atoms with E-state index in [2.05, 4.69) is 20.3 Å². The van der Waals surface area contributed by atoms with Gasteiger partial charge in [-0.2, -0.15) is 9.97 Å². The molecule has 0 aliphatic carbocycles. The molecule has 0 amide bonds. The summed E-state index contributed by atoms with van der Waals surface area (Å²) < 4.78 is 55.3. The molecule has 0 aromatic carbocycles. The van der Waals surface area contributed by atoms with Crippen LogP contribution in [0.3, 0.4) is 0 Å². The summed E-state index contributed by atoms with van der Waals surface area (Å²) in [6.07, 6.45) is -2.31. The second-order valence-corrected chi connectivity index (χ2v) is 12.6. The summed E-state index contributed by atoms with van der Waals surface area (Å²) >= 11 is 5.51. The van der Waals surface area contributed by atoms with Gasteiger partial charge in [-0.1, -0.05) is 6.92 Å². The monoisotopic (exact) mass is 520 g/mol. The lowest BCUT2D eigenvalue weighted by Gasteiger charge is -2.40. The van der Waals surface area contributed by atoms with Crippen molar-refractivity contribution in [3.05, 3.63) is 6.33 Å². The normalized spacial score (nSPS) is 34.2. The zero-order chi connectivity index (χ0) is 25.1. The molecule has 15 heteroatoms. The molecular weight excluding hydrogens is 493 g/mol. The first kappa shape index (κ1) is 25.1. The highest BCUT2D eigenvalue weighted by Gasteiger charge is 2.69. The number of esters is 1. The molecule has 0 saturated carbocycles. The number of imidazole rings is 1. The number of nitrogens with two attached hydrogens (primary N) is 1. The number of nitrogen functional groups attached to an aromatic ring is 1. The maximum atomic E-state index is 16.2. The molecule has 188 valence electrons. The Hall–Kier alpha value is -1.99. The van der Waals surface area contributed by atoms with Crippen molar-refractivity contribution in [2.24, 2.45) is 5.92 Å². The highest BCUT2D eigenvalue weighted by Crippen LogP contribution is 2.63. The molecule has 2 aromatic heterocycles. The summed E-state index contributed by atoms with van der Waals surface area (Å²) in [6.45, 7) is 2.31. The molecule has 34 heavy (non-hydrogen) atoms. The number of carbonyl (C=O) groups is 1. The zero-order valence-electron chi connectivity index (χ0n) is 19.3. The minimum Gasteiger partial charge on any atom is -0.463 e. The predicted octanol–water partition coefficient (Wildman–Crippen LogP) is 2.69. The van der Waals surface area contributed by atoms with E-state index in [1.807, 2.05) is 0 Å². The number of fused-ring (bicyclic) bond motifs is 2. The minimum absolute atomic E-state index is 0.0372. The van der Waals surface area contributed by atoms with Crippen LogP contribution in [0.4, 0.5) is 20.5 Å². The second kappa shape index (κ2) is 8.59.